The summed E-state index contributed by atoms with van der Waals surface area (Å²) in [6.07, 6.45) is 1.18. The average Bonchev–Trinajstić information content (AvgIpc) is 3.04. The summed E-state index contributed by atoms with van der Waals surface area (Å²) in [5.41, 5.74) is 1.27. The summed E-state index contributed by atoms with van der Waals surface area (Å²) in [7, 11) is 0.598. The predicted octanol–water partition coefficient (Wildman–Crippen LogP) is 2.91. The van der Waals surface area contributed by atoms with Crippen molar-refractivity contribution < 1.29 is 13.2 Å². The van der Waals surface area contributed by atoms with E-state index < -0.39 is 9.84 Å². The molecule has 27 heavy (non-hydrogen) atoms. The lowest BCUT2D eigenvalue weighted by Crippen LogP contribution is -2.36. The number of likely N-dealkylation sites (N-methyl/N-ethyl adjacent to an activating group) is 1. The van der Waals surface area contributed by atoms with Gasteiger partial charge in [-0.2, -0.15) is 0 Å². The summed E-state index contributed by atoms with van der Waals surface area (Å²) in [6.45, 7) is 1.17. The molecule has 2 aromatic carbocycles. The highest BCUT2D eigenvalue weighted by atomic mass is 32.2. The third kappa shape index (κ3) is 4.52. The van der Waals surface area contributed by atoms with Crippen molar-refractivity contribution in [1.82, 2.24) is 9.88 Å². The number of aromatic nitrogens is 1. The van der Waals surface area contributed by atoms with Gasteiger partial charge < -0.3 is 4.90 Å². The Morgan fingerprint density at radius 2 is 1.78 bits per heavy atom. The molecule has 0 fully saturated rings. The maximum absolute atomic E-state index is 13.0. The second kappa shape index (κ2) is 7.75. The summed E-state index contributed by atoms with van der Waals surface area (Å²) in [4.78, 5) is 21.5. The zero-order chi connectivity index (χ0) is 19.6. The Morgan fingerprint density at radius 3 is 2.41 bits per heavy atom. The van der Waals surface area contributed by atoms with E-state index >= 15 is 0 Å². The van der Waals surface area contributed by atoms with Gasteiger partial charge in [0.25, 0.3) is 5.91 Å². The third-order valence-electron chi connectivity index (χ3n) is 4.04. The highest BCUT2D eigenvalue weighted by Gasteiger charge is 2.21. The van der Waals surface area contributed by atoms with E-state index in [1.54, 1.807) is 35.2 Å². The third-order valence-corrected chi connectivity index (χ3v) is 6.20. The first-order valence-electron chi connectivity index (χ1n) is 8.38. The molecule has 6 nitrogen and oxygen atoms in total. The fourth-order valence-corrected chi connectivity index (χ4v) is 4.31. The topological polar surface area (TPSA) is 70.6 Å². The molecule has 0 unspecified atom stereocenters. The number of hydrogen-bond donors (Lipinski definition) is 0. The van der Waals surface area contributed by atoms with Crippen molar-refractivity contribution in [1.29, 1.82) is 0 Å². The van der Waals surface area contributed by atoms with Crippen molar-refractivity contribution in [3.05, 3.63) is 54.1 Å². The van der Waals surface area contributed by atoms with Gasteiger partial charge >= 0.3 is 0 Å². The smallest absolute Gasteiger partial charge is 0.260 e. The van der Waals surface area contributed by atoms with E-state index in [2.05, 4.69) is 4.98 Å². The van der Waals surface area contributed by atoms with Crippen LogP contribution in [0.25, 0.3) is 10.2 Å². The highest BCUT2D eigenvalue weighted by molar-refractivity contribution is 7.90. The van der Waals surface area contributed by atoms with Gasteiger partial charge in [0.1, 0.15) is 0 Å². The van der Waals surface area contributed by atoms with Crippen LogP contribution in [0.3, 0.4) is 0 Å². The number of fused-ring (bicyclic) bond motifs is 1. The summed E-state index contributed by atoms with van der Waals surface area (Å²) in [6, 6.07) is 13.9. The van der Waals surface area contributed by atoms with Crippen LogP contribution in [-0.2, 0) is 9.84 Å². The summed E-state index contributed by atoms with van der Waals surface area (Å²) < 4.78 is 24.3. The maximum Gasteiger partial charge on any atom is 0.260 e. The molecule has 0 aliphatic heterocycles. The number of carbonyl (C=O) groups is 1. The van der Waals surface area contributed by atoms with E-state index in [0.717, 1.165) is 4.70 Å². The van der Waals surface area contributed by atoms with Crippen LogP contribution in [0.2, 0.25) is 0 Å². The summed E-state index contributed by atoms with van der Waals surface area (Å²) >= 11 is 1.32. The minimum atomic E-state index is -3.29. The Kier molecular flexibility index (Phi) is 5.59. The SMILES string of the molecule is CN(C)CCN(C(=O)c1ccccc1)c1nc2ccc(S(C)(=O)=O)cc2s1. The monoisotopic (exact) mass is 403 g/mol. The zero-order valence-corrected chi connectivity index (χ0v) is 17.0. The van der Waals surface area contributed by atoms with Gasteiger partial charge in [-0.25, -0.2) is 13.4 Å². The van der Waals surface area contributed by atoms with Crippen molar-refractivity contribution in [3.63, 3.8) is 0 Å². The second-order valence-corrected chi connectivity index (χ2v) is 9.55. The number of rotatable bonds is 6. The molecule has 0 bridgehead atoms. The number of carbonyl (C=O) groups excluding carboxylic acids is 1. The number of benzene rings is 2. The zero-order valence-electron chi connectivity index (χ0n) is 15.4. The Labute approximate surface area is 163 Å². The number of amides is 1. The molecular weight excluding hydrogens is 382 g/mol. The van der Waals surface area contributed by atoms with Crippen LogP contribution >= 0.6 is 11.3 Å². The largest absolute Gasteiger partial charge is 0.308 e. The van der Waals surface area contributed by atoms with E-state index in [-0.39, 0.29) is 10.8 Å². The van der Waals surface area contributed by atoms with Gasteiger partial charge in [-0.3, -0.25) is 9.69 Å². The molecule has 3 aromatic rings. The van der Waals surface area contributed by atoms with E-state index in [1.165, 1.54) is 17.6 Å². The molecule has 0 saturated heterocycles. The molecule has 0 saturated carbocycles. The number of hydrogen-bond acceptors (Lipinski definition) is 6. The van der Waals surface area contributed by atoms with E-state index in [1.807, 2.05) is 37.2 Å². The van der Waals surface area contributed by atoms with Crippen molar-refractivity contribution in [2.24, 2.45) is 0 Å². The number of anilines is 1. The molecule has 1 heterocycles. The van der Waals surface area contributed by atoms with E-state index in [4.69, 9.17) is 0 Å². The van der Waals surface area contributed by atoms with Crippen molar-refractivity contribution >= 4 is 42.4 Å². The van der Waals surface area contributed by atoms with Crippen molar-refractivity contribution in [2.45, 2.75) is 4.90 Å². The predicted molar refractivity (Wildman–Crippen MR) is 109 cm³/mol. The van der Waals surface area contributed by atoms with Gasteiger partial charge in [-0.1, -0.05) is 29.5 Å². The van der Waals surface area contributed by atoms with Crippen LogP contribution < -0.4 is 4.90 Å². The van der Waals surface area contributed by atoms with Crippen LogP contribution in [0, 0.1) is 0 Å². The minimum absolute atomic E-state index is 0.125. The fraction of sp³-hybridized carbons (Fsp3) is 0.263. The molecule has 3 rings (SSSR count). The van der Waals surface area contributed by atoms with E-state index in [9.17, 15) is 13.2 Å². The van der Waals surface area contributed by atoms with E-state index in [0.29, 0.717) is 29.3 Å². The first-order valence-corrected chi connectivity index (χ1v) is 11.1. The molecule has 0 N–H and O–H groups in total. The average molecular weight is 404 g/mol. The minimum Gasteiger partial charge on any atom is -0.308 e. The molecule has 0 aliphatic carbocycles. The lowest BCUT2D eigenvalue weighted by Gasteiger charge is -2.22. The van der Waals surface area contributed by atoms with Crippen molar-refractivity contribution in [2.75, 3.05) is 38.3 Å². The lowest BCUT2D eigenvalue weighted by atomic mass is 10.2. The Balaban J connectivity index is 2.02. The first kappa shape index (κ1) is 19.5. The number of thiazole rings is 1. The summed E-state index contributed by atoms with van der Waals surface area (Å²) in [5.74, 6) is -0.125. The number of nitrogens with zero attached hydrogens (tertiary/aromatic N) is 3. The first-order chi connectivity index (χ1) is 12.8. The van der Waals surface area contributed by atoms with Crippen LogP contribution in [0.1, 0.15) is 10.4 Å². The number of sulfone groups is 1. The Morgan fingerprint density at radius 1 is 1.07 bits per heavy atom. The molecule has 1 amide bonds. The Bertz CT molecular complexity index is 1060. The fourth-order valence-electron chi connectivity index (χ4n) is 2.56. The molecule has 0 radical (unpaired) electrons. The molecule has 1 aromatic heterocycles. The van der Waals surface area contributed by atoms with Crippen LogP contribution in [0.5, 0.6) is 0 Å². The van der Waals surface area contributed by atoms with Gasteiger partial charge in [0.2, 0.25) is 0 Å². The summed E-state index contributed by atoms with van der Waals surface area (Å²) in [5, 5.41) is 0.561. The van der Waals surface area contributed by atoms with Gasteiger partial charge in [-0.15, -0.1) is 0 Å². The van der Waals surface area contributed by atoms with Gasteiger partial charge in [-0.05, 0) is 44.4 Å². The highest BCUT2D eigenvalue weighted by Crippen LogP contribution is 2.31. The molecule has 8 heteroatoms. The normalized spacial score (nSPS) is 11.9. The standard InChI is InChI=1S/C19H21N3O3S2/c1-21(2)11-12-22(18(23)14-7-5-4-6-8-14)19-20-16-10-9-15(27(3,24)25)13-17(16)26-19/h4-10,13H,11-12H2,1-3H3. The molecular formula is C19H21N3O3S2. The second-order valence-electron chi connectivity index (χ2n) is 6.52. The Hall–Kier alpha value is -2.29. The molecule has 0 spiro atoms. The maximum atomic E-state index is 13.0. The van der Waals surface area contributed by atoms with Crippen LogP contribution in [0.4, 0.5) is 5.13 Å². The van der Waals surface area contributed by atoms with Gasteiger partial charge in [0.05, 0.1) is 15.1 Å². The van der Waals surface area contributed by atoms with Gasteiger partial charge in [0.15, 0.2) is 15.0 Å². The lowest BCUT2D eigenvalue weighted by molar-refractivity contribution is 0.0985. The van der Waals surface area contributed by atoms with Crippen LogP contribution in [0.15, 0.2) is 53.4 Å². The molecule has 0 atom stereocenters. The quantitative estimate of drug-likeness (QED) is 0.633. The van der Waals surface area contributed by atoms with Gasteiger partial charge in [0, 0.05) is 24.9 Å². The van der Waals surface area contributed by atoms with Crippen LogP contribution in [-0.4, -0.2) is 57.6 Å². The molecule has 0 aliphatic rings. The molecule has 142 valence electrons. The van der Waals surface area contributed by atoms with Crippen molar-refractivity contribution in [3.8, 4) is 0 Å².